The van der Waals surface area contributed by atoms with Crippen LogP contribution >= 0.6 is 17.8 Å². The quantitative estimate of drug-likeness (QED) is 0.786. The van der Waals surface area contributed by atoms with Gasteiger partial charge in [0.25, 0.3) is 0 Å². The van der Waals surface area contributed by atoms with E-state index >= 15 is 0 Å². The van der Waals surface area contributed by atoms with Gasteiger partial charge < -0.3 is 0 Å². The monoisotopic (exact) mass is 278 g/mol. The molecule has 0 aromatic heterocycles. The maximum atomic E-state index is 6.02. The van der Waals surface area contributed by atoms with Crippen LogP contribution in [-0.2, 0) is 11.8 Å². The van der Waals surface area contributed by atoms with E-state index in [-0.39, 0.29) is 0 Å². The van der Waals surface area contributed by atoms with Gasteiger partial charge in [0.15, 0.2) is 0 Å². The number of benzene rings is 2. The van der Waals surface area contributed by atoms with Crippen molar-refractivity contribution in [3.63, 3.8) is 0 Å². The fraction of sp³-hybridized carbons (Fsp3) is 0.143. The van der Waals surface area contributed by atoms with Crippen LogP contribution in [0.25, 0.3) is 0 Å². The SMILES string of the molecule is CSCP(=S)(c1ccccc1)c1ccccc1. The molecule has 0 aliphatic rings. The van der Waals surface area contributed by atoms with Gasteiger partial charge in [-0.1, -0.05) is 72.5 Å². The molecule has 3 heteroatoms. The van der Waals surface area contributed by atoms with Crippen molar-refractivity contribution < 1.29 is 0 Å². The van der Waals surface area contributed by atoms with Gasteiger partial charge >= 0.3 is 0 Å². The molecular weight excluding hydrogens is 263 g/mol. The molecule has 0 heterocycles. The van der Waals surface area contributed by atoms with Crippen molar-refractivity contribution in [3.05, 3.63) is 60.7 Å². The summed E-state index contributed by atoms with van der Waals surface area (Å²) in [6.45, 7) is 0. The zero-order chi connectivity index (χ0) is 12.1. The molecule has 2 aromatic carbocycles. The summed E-state index contributed by atoms with van der Waals surface area (Å²) in [5.41, 5.74) is 1.02. The smallest absolute Gasteiger partial charge is 0.0300 e. The molecule has 0 saturated carbocycles. The standard InChI is InChI=1S/C14H15PS2/c1-17-12-15(16,13-8-4-2-5-9-13)14-10-6-3-7-11-14/h2-11H,12H2,1H3. The van der Waals surface area contributed by atoms with Gasteiger partial charge in [0.2, 0.25) is 0 Å². The van der Waals surface area contributed by atoms with Crippen LogP contribution in [0.15, 0.2) is 60.7 Å². The largest absolute Gasteiger partial charge is 0.159 e. The Morgan fingerprint density at radius 2 is 1.29 bits per heavy atom. The Bertz CT molecular complexity index is 465. The summed E-state index contributed by atoms with van der Waals surface area (Å²) in [6, 6.07) is 19.5. The summed E-state index contributed by atoms with van der Waals surface area (Å²) in [5.74, 6) is 0. The number of thioether (sulfide) groups is 1. The maximum absolute atomic E-state index is 6.02. The normalized spacial score (nSPS) is 11.4. The summed E-state index contributed by atoms with van der Waals surface area (Å²) < 4.78 is 0. The van der Waals surface area contributed by atoms with E-state index in [1.165, 1.54) is 10.6 Å². The van der Waals surface area contributed by atoms with Gasteiger partial charge in [-0.25, -0.2) is 0 Å². The molecule has 0 spiro atoms. The molecule has 0 radical (unpaired) electrons. The van der Waals surface area contributed by atoms with Crippen LogP contribution in [0.5, 0.6) is 0 Å². The highest BCUT2D eigenvalue weighted by Gasteiger charge is 2.20. The highest BCUT2D eigenvalue weighted by molar-refractivity contribution is 8.27. The van der Waals surface area contributed by atoms with Crippen LogP contribution in [0.2, 0.25) is 0 Å². The third-order valence-electron chi connectivity index (χ3n) is 2.66. The Morgan fingerprint density at radius 1 is 0.882 bits per heavy atom. The van der Waals surface area contributed by atoms with Crippen molar-refractivity contribution in [2.75, 3.05) is 11.7 Å². The molecule has 2 rings (SSSR count). The van der Waals surface area contributed by atoms with Crippen molar-refractivity contribution in [2.24, 2.45) is 0 Å². The van der Waals surface area contributed by atoms with Crippen molar-refractivity contribution in [1.29, 1.82) is 0 Å². The van der Waals surface area contributed by atoms with Crippen LogP contribution in [0.4, 0.5) is 0 Å². The average Bonchev–Trinajstić information content (AvgIpc) is 2.41. The van der Waals surface area contributed by atoms with Gasteiger partial charge in [-0.05, 0) is 16.9 Å². The minimum atomic E-state index is -1.63. The zero-order valence-corrected chi connectivity index (χ0v) is 12.3. The molecule has 0 amide bonds. The third kappa shape index (κ3) is 2.82. The lowest BCUT2D eigenvalue weighted by atomic mass is 10.4. The Hall–Kier alpha value is -0.560. The minimum absolute atomic E-state index is 1.02. The fourth-order valence-corrected chi connectivity index (χ4v) is 7.75. The van der Waals surface area contributed by atoms with Gasteiger partial charge in [-0.2, -0.15) is 11.8 Å². The van der Waals surface area contributed by atoms with E-state index in [0.717, 1.165) is 5.49 Å². The van der Waals surface area contributed by atoms with Crippen LogP contribution < -0.4 is 10.6 Å². The first-order chi connectivity index (χ1) is 8.27. The molecule has 2 aromatic rings. The highest BCUT2D eigenvalue weighted by atomic mass is 32.4. The highest BCUT2D eigenvalue weighted by Crippen LogP contribution is 2.46. The molecule has 0 nitrogen and oxygen atoms in total. The van der Waals surface area contributed by atoms with E-state index in [1.807, 2.05) is 23.9 Å². The molecule has 17 heavy (non-hydrogen) atoms. The lowest BCUT2D eigenvalue weighted by molar-refractivity contribution is 1.74. The van der Waals surface area contributed by atoms with Gasteiger partial charge in [-0.3, -0.25) is 0 Å². The molecule has 0 saturated heterocycles. The summed E-state index contributed by atoms with van der Waals surface area (Å²) in [7, 11) is 0. The molecule has 0 aliphatic heterocycles. The predicted octanol–water partition coefficient (Wildman–Crippen LogP) is 3.44. The molecule has 0 aliphatic carbocycles. The summed E-state index contributed by atoms with van der Waals surface area (Å²) in [4.78, 5) is 0. The first-order valence-electron chi connectivity index (χ1n) is 5.46. The van der Waals surface area contributed by atoms with Crippen LogP contribution in [-0.4, -0.2) is 11.7 Å². The number of rotatable bonds is 4. The molecular formula is C14H15PS2. The Labute approximate surface area is 112 Å². The summed E-state index contributed by atoms with van der Waals surface area (Å²) >= 11 is 7.87. The van der Waals surface area contributed by atoms with Crippen molar-refractivity contribution in [3.8, 4) is 0 Å². The first kappa shape index (κ1) is 12.9. The lowest BCUT2D eigenvalue weighted by Gasteiger charge is -2.22. The zero-order valence-electron chi connectivity index (χ0n) is 9.74. The van der Waals surface area contributed by atoms with Crippen molar-refractivity contribution >= 4 is 40.2 Å². The topological polar surface area (TPSA) is 0 Å². The van der Waals surface area contributed by atoms with E-state index in [9.17, 15) is 0 Å². The Balaban J connectivity index is 2.51. The van der Waals surface area contributed by atoms with E-state index in [4.69, 9.17) is 11.8 Å². The predicted molar refractivity (Wildman–Crippen MR) is 84.8 cm³/mol. The maximum Gasteiger partial charge on any atom is 0.0300 e. The van der Waals surface area contributed by atoms with Gasteiger partial charge in [0.05, 0.1) is 0 Å². The minimum Gasteiger partial charge on any atom is -0.159 e. The van der Waals surface area contributed by atoms with Gasteiger partial charge in [0, 0.05) is 11.5 Å². The molecule has 88 valence electrons. The second-order valence-electron chi connectivity index (χ2n) is 3.83. The second kappa shape index (κ2) is 5.86. The van der Waals surface area contributed by atoms with Crippen LogP contribution in [0.1, 0.15) is 0 Å². The van der Waals surface area contributed by atoms with Crippen molar-refractivity contribution in [1.82, 2.24) is 0 Å². The van der Waals surface area contributed by atoms with Gasteiger partial charge in [0.1, 0.15) is 0 Å². The average molecular weight is 278 g/mol. The lowest BCUT2D eigenvalue weighted by Crippen LogP contribution is -2.16. The van der Waals surface area contributed by atoms with E-state index in [0.29, 0.717) is 0 Å². The summed E-state index contributed by atoms with van der Waals surface area (Å²) in [5, 5.41) is 2.63. The van der Waals surface area contributed by atoms with Crippen LogP contribution in [0.3, 0.4) is 0 Å². The molecule has 0 atom stereocenters. The van der Waals surface area contributed by atoms with Crippen LogP contribution in [0, 0.1) is 0 Å². The molecule has 0 fully saturated rings. The fourth-order valence-electron chi connectivity index (χ4n) is 1.82. The number of hydrogen-bond donors (Lipinski definition) is 0. The van der Waals surface area contributed by atoms with Crippen molar-refractivity contribution in [2.45, 2.75) is 0 Å². The third-order valence-corrected chi connectivity index (χ3v) is 9.62. The second-order valence-corrected chi connectivity index (χ2v) is 9.82. The molecule has 0 bridgehead atoms. The Morgan fingerprint density at radius 3 is 1.65 bits per heavy atom. The van der Waals surface area contributed by atoms with E-state index in [2.05, 4.69) is 54.8 Å². The summed E-state index contributed by atoms with van der Waals surface area (Å²) in [6.07, 6.45) is 2.13. The van der Waals surface area contributed by atoms with Gasteiger partial charge in [-0.15, -0.1) is 0 Å². The van der Waals surface area contributed by atoms with E-state index in [1.54, 1.807) is 0 Å². The molecule has 0 N–H and O–H groups in total. The number of hydrogen-bond acceptors (Lipinski definition) is 2. The van der Waals surface area contributed by atoms with E-state index < -0.39 is 6.04 Å². The molecule has 0 unspecified atom stereocenters. The Kier molecular flexibility index (Phi) is 4.44. The first-order valence-corrected chi connectivity index (χ1v) is 9.85.